The second-order valence-corrected chi connectivity index (χ2v) is 1.63. The molecule has 0 fully saturated rings. The second-order valence-electron chi connectivity index (χ2n) is 1.63. The number of halogens is 1. The summed E-state index contributed by atoms with van der Waals surface area (Å²) in [5, 5.41) is 0. The van der Waals surface area contributed by atoms with Gasteiger partial charge in [-0.15, -0.1) is 12.4 Å². The fourth-order valence-corrected chi connectivity index (χ4v) is 0.176. The first kappa shape index (κ1) is 11.3. The molecule has 0 bridgehead atoms. The van der Waals surface area contributed by atoms with Crippen molar-refractivity contribution in [1.29, 1.82) is 0 Å². The van der Waals surface area contributed by atoms with Crippen molar-refractivity contribution in [1.82, 2.24) is 5.48 Å². The van der Waals surface area contributed by atoms with Gasteiger partial charge in [0, 0.05) is 0 Å². The SMILES string of the molecule is CC(C)ONC(N)=O.Cl. The summed E-state index contributed by atoms with van der Waals surface area (Å²) in [4.78, 5) is 14.5. The van der Waals surface area contributed by atoms with Crippen LogP contribution in [0.4, 0.5) is 4.79 Å². The monoisotopic (exact) mass is 154 g/mol. The molecule has 0 aliphatic heterocycles. The van der Waals surface area contributed by atoms with Crippen molar-refractivity contribution in [2.75, 3.05) is 0 Å². The van der Waals surface area contributed by atoms with Crippen LogP contribution in [0.3, 0.4) is 0 Å². The summed E-state index contributed by atoms with van der Waals surface area (Å²) in [6.07, 6.45) is -0.0255. The lowest BCUT2D eigenvalue weighted by Gasteiger charge is -2.03. The van der Waals surface area contributed by atoms with E-state index in [1.165, 1.54) is 0 Å². The molecule has 0 aromatic heterocycles. The summed E-state index contributed by atoms with van der Waals surface area (Å²) in [6.45, 7) is 3.58. The minimum atomic E-state index is -0.668. The third-order valence-corrected chi connectivity index (χ3v) is 0.395. The number of nitrogens with two attached hydrogens (primary N) is 1. The van der Waals surface area contributed by atoms with Crippen LogP contribution in [-0.4, -0.2) is 12.1 Å². The van der Waals surface area contributed by atoms with Gasteiger partial charge in [0.05, 0.1) is 6.10 Å². The van der Waals surface area contributed by atoms with Crippen molar-refractivity contribution in [2.45, 2.75) is 20.0 Å². The van der Waals surface area contributed by atoms with E-state index in [4.69, 9.17) is 0 Å². The Morgan fingerprint density at radius 2 is 2.11 bits per heavy atom. The minimum absolute atomic E-state index is 0. The number of hydroxylamine groups is 1. The molecule has 2 amide bonds. The topological polar surface area (TPSA) is 64.3 Å². The smallest absolute Gasteiger partial charge is 0.336 e. The van der Waals surface area contributed by atoms with Crippen LogP contribution in [-0.2, 0) is 4.84 Å². The van der Waals surface area contributed by atoms with E-state index in [0.29, 0.717) is 0 Å². The summed E-state index contributed by atoms with van der Waals surface area (Å²) in [6, 6.07) is -0.668. The zero-order chi connectivity index (χ0) is 6.57. The lowest BCUT2D eigenvalue weighted by atomic mass is 10.5. The molecule has 0 radical (unpaired) electrons. The predicted octanol–water partition coefficient (Wildman–Crippen LogP) is 0.417. The molecule has 9 heavy (non-hydrogen) atoms. The summed E-state index contributed by atoms with van der Waals surface area (Å²) in [7, 11) is 0. The molecule has 0 saturated heterocycles. The maximum Gasteiger partial charge on any atom is 0.336 e. The van der Waals surface area contributed by atoms with E-state index in [9.17, 15) is 4.79 Å². The molecule has 0 spiro atoms. The van der Waals surface area contributed by atoms with Gasteiger partial charge in [0.15, 0.2) is 0 Å². The highest BCUT2D eigenvalue weighted by atomic mass is 35.5. The van der Waals surface area contributed by atoms with Gasteiger partial charge in [-0.1, -0.05) is 0 Å². The molecule has 0 atom stereocenters. The number of carbonyl (C=O) groups excluding carboxylic acids is 1. The van der Waals surface area contributed by atoms with E-state index in [2.05, 4.69) is 10.6 Å². The quantitative estimate of drug-likeness (QED) is 0.566. The molecule has 0 rings (SSSR count). The molecule has 0 aromatic carbocycles. The molecule has 0 saturated carbocycles. The van der Waals surface area contributed by atoms with Gasteiger partial charge in [0.25, 0.3) is 0 Å². The maximum atomic E-state index is 9.89. The lowest BCUT2D eigenvalue weighted by Crippen LogP contribution is -2.31. The van der Waals surface area contributed by atoms with E-state index >= 15 is 0 Å². The Hall–Kier alpha value is -0.480. The Morgan fingerprint density at radius 1 is 1.67 bits per heavy atom. The molecule has 0 aliphatic rings. The van der Waals surface area contributed by atoms with Crippen LogP contribution in [0.2, 0.25) is 0 Å². The molecule has 0 aromatic rings. The Bertz CT molecular complexity index is 86.6. The number of urea groups is 1. The summed E-state index contributed by atoms with van der Waals surface area (Å²) < 4.78 is 0. The van der Waals surface area contributed by atoms with Crippen molar-refractivity contribution < 1.29 is 9.63 Å². The predicted molar refractivity (Wildman–Crippen MR) is 36.2 cm³/mol. The molecule has 3 N–H and O–H groups in total. The van der Waals surface area contributed by atoms with Gasteiger partial charge in [-0.2, -0.15) is 0 Å². The number of hydrogen-bond donors (Lipinski definition) is 2. The van der Waals surface area contributed by atoms with Crippen molar-refractivity contribution in [3.63, 3.8) is 0 Å². The first-order chi connectivity index (χ1) is 3.63. The Morgan fingerprint density at radius 3 is 2.22 bits per heavy atom. The van der Waals surface area contributed by atoms with Gasteiger partial charge in [-0.25, -0.2) is 10.3 Å². The molecule has 56 valence electrons. The first-order valence-corrected chi connectivity index (χ1v) is 2.34. The fourth-order valence-electron chi connectivity index (χ4n) is 0.176. The van der Waals surface area contributed by atoms with Crippen molar-refractivity contribution in [3.05, 3.63) is 0 Å². The van der Waals surface area contributed by atoms with Crippen LogP contribution in [0, 0.1) is 0 Å². The molecule has 0 heterocycles. The summed E-state index contributed by atoms with van der Waals surface area (Å²) >= 11 is 0. The van der Waals surface area contributed by atoms with Gasteiger partial charge in [-0.3, -0.25) is 4.84 Å². The molecule has 0 unspecified atom stereocenters. The van der Waals surface area contributed by atoms with E-state index in [0.717, 1.165) is 0 Å². The van der Waals surface area contributed by atoms with Crippen LogP contribution in [0.1, 0.15) is 13.8 Å². The third kappa shape index (κ3) is 11.2. The van der Waals surface area contributed by atoms with Crippen LogP contribution >= 0.6 is 12.4 Å². The van der Waals surface area contributed by atoms with E-state index in [1.54, 1.807) is 13.8 Å². The number of hydrogen-bond acceptors (Lipinski definition) is 2. The maximum absolute atomic E-state index is 9.89. The zero-order valence-corrected chi connectivity index (χ0v) is 6.20. The van der Waals surface area contributed by atoms with Crippen LogP contribution in [0.25, 0.3) is 0 Å². The first-order valence-electron chi connectivity index (χ1n) is 2.34. The number of nitrogens with one attached hydrogen (secondary N) is 1. The van der Waals surface area contributed by atoms with Gasteiger partial charge >= 0.3 is 6.03 Å². The zero-order valence-electron chi connectivity index (χ0n) is 5.38. The fraction of sp³-hybridized carbons (Fsp3) is 0.750. The summed E-state index contributed by atoms with van der Waals surface area (Å²) in [5.74, 6) is 0. The number of primary amides is 1. The highest BCUT2D eigenvalue weighted by Crippen LogP contribution is 1.79. The van der Waals surface area contributed by atoms with Crippen LogP contribution < -0.4 is 11.2 Å². The Balaban J connectivity index is 0. The largest absolute Gasteiger partial charge is 0.350 e. The normalized spacial score (nSPS) is 8.33. The van der Waals surface area contributed by atoms with Gasteiger partial charge < -0.3 is 5.73 Å². The Labute approximate surface area is 60.1 Å². The number of amides is 2. The molecule has 0 aliphatic carbocycles. The highest BCUT2D eigenvalue weighted by molar-refractivity contribution is 5.85. The highest BCUT2D eigenvalue weighted by Gasteiger charge is 1.92. The van der Waals surface area contributed by atoms with E-state index < -0.39 is 6.03 Å². The average Bonchev–Trinajstić information content (AvgIpc) is 1.61. The third-order valence-electron chi connectivity index (χ3n) is 0.395. The average molecular weight is 155 g/mol. The second kappa shape index (κ2) is 5.65. The van der Waals surface area contributed by atoms with Crippen molar-refractivity contribution >= 4 is 18.4 Å². The lowest BCUT2D eigenvalue weighted by molar-refractivity contribution is 0.0187. The van der Waals surface area contributed by atoms with Crippen molar-refractivity contribution in [3.8, 4) is 0 Å². The van der Waals surface area contributed by atoms with Gasteiger partial charge in [-0.05, 0) is 13.8 Å². The minimum Gasteiger partial charge on any atom is -0.350 e. The van der Waals surface area contributed by atoms with Crippen LogP contribution in [0.5, 0.6) is 0 Å². The summed E-state index contributed by atoms with van der Waals surface area (Å²) in [5.41, 5.74) is 6.65. The van der Waals surface area contributed by atoms with E-state index in [1.807, 2.05) is 5.48 Å². The van der Waals surface area contributed by atoms with Crippen LogP contribution in [0.15, 0.2) is 0 Å². The van der Waals surface area contributed by atoms with Gasteiger partial charge in [0.2, 0.25) is 0 Å². The molecule has 5 heteroatoms. The molecular weight excluding hydrogens is 144 g/mol. The Kier molecular flexibility index (Phi) is 7.12. The van der Waals surface area contributed by atoms with Gasteiger partial charge in [0.1, 0.15) is 0 Å². The standard InChI is InChI=1S/C4H10N2O2.ClH/c1-3(2)8-6-4(5)7;/h3H,1-2H3,(H3,5,6,7);1H. The van der Waals surface area contributed by atoms with Crippen molar-refractivity contribution in [2.24, 2.45) is 5.73 Å². The molecular formula is C4H11ClN2O2. The number of rotatable bonds is 2. The number of carbonyl (C=O) groups is 1. The molecule has 4 nitrogen and oxygen atoms in total. The van der Waals surface area contributed by atoms with E-state index in [-0.39, 0.29) is 18.5 Å².